The number of nitrogens with zero attached hydrogens (tertiary/aromatic N) is 32. The summed E-state index contributed by atoms with van der Waals surface area (Å²) in [6.45, 7) is 0. The standard InChI is InChI=1S/8C6H10N4.4ClHO4.2Cu.2H2O/c8*1-2-4-6(3-1)10-5-7-8-9-10;4*2-1(3,4)5;;;;/h8*5-6H,1-4H2;4*(H,2,3,4,5);;;2*1H2/q;;;;;;;;;;;;2*+2;;/p-4. The van der Waals surface area contributed by atoms with Crippen LogP contribution < -0.4 is 74.5 Å². The second-order valence-electron chi connectivity index (χ2n) is 23.3. The molecule has 16 rings (SSSR count). The summed E-state index contributed by atoms with van der Waals surface area (Å²) in [5.41, 5.74) is 0. The van der Waals surface area contributed by atoms with Crippen molar-refractivity contribution in [3.05, 3.63) is 50.6 Å². The minimum absolute atomic E-state index is 0. The van der Waals surface area contributed by atoms with Crippen LogP contribution in [0.1, 0.15) is 254 Å². The van der Waals surface area contributed by atoms with Gasteiger partial charge in [-0.2, -0.15) is 0 Å². The molecule has 0 aliphatic heterocycles. The molecule has 50 nitrogen and oxygen atoms in total. The fourth-order valence-corrected chi connectivity index (χ4v) is 12.0. The second kappa shape index (κ2) is 52.9. The van der Waals surface area contributed by atoms with E-state index in [1.165, 1.54) is 205 Å². The van der Waals surface area contributed by atoms with Gasteiger partial charge in [-0.3, -0.25) is 0 Å². The van der Waals surface area contributed by atoms with E-state index in [0.717, 1.165) is 0 Å². The van der Waals surface area contributed by atoms with E-state index in [1.807, 2.05) is 37.5 Å². The van der Waals surface area contributed by atoms with Crippen molar-refractivity contribution in [3.8, 4) is 0 Å². The Morgan fingerprint density at radius 3 is 0.317 bits per heavy atom. The van der Waals surface area contributed by atoms with Crippen molar-refractivity contribution in [3.63, 3.8) is 0 Å². The predicted octanol–water partition coefficient (Wildman–Crippen LogP) is -14.4. The molecule has 594 valence electrons. The van der Waals surface area contributed by atoms with Gasteiger partial charge in [0.1, 0.15) is 50.6 Å². The van der Waals surface area contributed by atoms with Gasteiger partial charge in [0.15, 0.2) is 0 Å². The second-order valence-corrected chi connectivity index (χ2v) is 26.4. The third-order valence-corrected chi connectivity index (χ3v) is 16.5. The summed E-state index contributed by atoms with van der Waals surface area (Å²) in [4.78, 5) is 0. The van der Waals surface area contributed by atoms with Crippen LogP contribution in [0.4, 0.5) is 0 Å². The Hall–Kier alpha value is -5.96. The van der Waals surface area contributed by atoms with E-state index in [-0.39, 0.29) is 45.1 Å². The Balaban J connectivity index is 0.000000571. The quantitative estimate of drug-likeness (QED) is 0.127. The van der Waals surface area contributed by atoms with E-state index in [9.17, 15) is 0 Å². The Bertz CT molecular complexity index is 2490. The van der Waals surface area contributed by atoms with Gasteiger partial charge in [0.05, 0.1) is 48.3 Å². The van der Waals surface area contributed by atoms with Crippen LogP contribution >= 0.6 is 0 Å². The summed E-state index contributed by atoms with van der Waals surface area (Å²) in [7, 11) is -19.8. The molecule has 0 aromatic carbocycles. The van der Waals surface area contributed by atoms with Crippen molar-refractivity contribution in [2.75, 3.05) is 0 Å². The maximum Gasteiger partial charge on any atom is 2.00 e. The molecule has 4 N–H and O–H groups in total. The molecule has 0 atom stereocenters. The predicted molar refractivity (Wildman–Crippen MR) is 290 cm³/mol. The molecule has 8 heterocycles. The Morgan fingerprint density at radius 1 is 0.183 bits per heavy atom. The number of hydrogen-bond donors (Lipinski definition) is 0. The zero-order valence-corrected chi connectivity index (χ0v) is 60.7. The number of hydrogen-bond acceptors (Lipinski definition) is 40. The molecular formula is C48H84Cl4Cu2N32O18. The summed E-state index contributed by atoms with van der Waals surface area (Å²) >= 11 is 0. The molecule has 8 aromatic rings. The first-order valence-electron chi connectivity index (χ1n) is 32.0. The molecule has 0 unspecified atom stereocenters. The van der Waals surface area contributed by atoms with Gasteiger partial charge in [0, 0.05) is 0 Å². The van der Waals surface area contributed by atoms with E-state index >= 15 is 0 Å². The molecular weight excluding hydrogens is 1580 g/mol. The van der Waals surface area contributed by atoms with Gasteiger partial charge < -0.3 is 11.0 Å². The molecule has 2 radical (unpaired) electrons. The first-order chi connectivity index (χ1) is 47.7. The fourth-order valence-electron chi connectivity index (χ4n) is 12.0. The zero-order chi connectivity index (χ0) is 72.5. The van der Waals surface area contributed by atoms with Gasteiger partial charge in [0.2, 0.25) is 0 Å². The number of rotatable bonds is 8. The van der Waals surface area contributed by atoms with E-state index in [2.05, 4.69) is 124 Å². The van der Waals surface area contributed by atoms with Crippen molar-refractivity contribution in [1.82, 2.24) is 162 Å². The Labute approximate surface area is 623 Å². The first-order valence-corrected chi connectivity index (χ1v) is 36.9. The number of aromatic nitrogens is 32. The van der Waals surface area contributed by atoms with Crippen LogP contribution in [0.15, 0.2) is 50.6 Å². The van der Waals surface area contributed by atoms with Crippen molar-refractivity contribution < 1.29 is 161 Å². The molecule has 0 bridgehead atoms. The van der Waals surface area contributed by atoms with Gasteiger partial charge >= 0.3 is 34.1 Å². The minimum atomic E-state index is -4.94. The topological polar surface area (TPSA) is 781 Å². The van der Waals surface area contributed by atoms with Crippen molar-refractivity contribution in [2.24, 2.45) is 0 Å². The van der Waals surface area contributed by atoms with Crippen LogP contribution in [0.25, 0.3) is 0 Å². The SMILES string of the molecule is O.O.[Cu+2].[Cu+2].[O-][Cl+3]([O-])([O-])[O-].[O-][Cl+3]([O-])([O-])[O-].[O-][Cl+3]([O-])([O-])[O-].[O-][Cl+3]([O-])([O-])[O-].c1nnnn1C1CCCC1.c1nnnn1C1CCCC1.c1nnnn1C1CCCC1.c1nnnn1C1CCCC1.c1nnnn1C1CCCC1.c1nnnn1C1CCCC1.c1nnnn1C1CCCC1.c1nnnn1C1CCCC1. The zero-order valence-electron chi connectivity index (χ0n) is 55.8. The number of halogens is 4. The molecule has 0 amide bonds. The molecule has 8 saturated carbocycles. The normalized spacial score (nSPS) is 17.7. The van der Waals surface area contributed by atoms with Crippen LogP contribution in [0, 0.1) is 41.0 Å². The van der Waals surface area contributed by atoms with Crippen molar-refractivity contribution >= 4 is 0 Å². The summed E-state index contributed by atoms with van der Waals surface area (Å²) in [5, 5.41) is 88.4. The molecule has 8 fully saturated rings. The fraction of sp³-hybridized carbons (Fsp3) is 0.833. The van der Waals surface area contributed by atoms with Gasteiger partial charge in [-0.15, -0.1) is 81.8 Å². The largest absolute Gasteiger partial charge is 2.00 e. The van der Waals surface area contributed by atoms with E-state index in [0.29, 0.717) is 48.3 Å². The summed E-state index contributed by atoms with van der Waals surface area (Å²) in [6.07, 6.45) is 54.7. The van der Waals surface area contributed by atoms with Gasteiger partial charge in [-0.1, -0.05) is 103 Å². The maximum atomic E-state index is 8.49. The summed E-state index contributed by atoms with van der Waals surface area (Å²) in [6, 6.07) is 4.63. The van der Waals surface area contributed by atoms with Crippen molar-refractivity contribution in [1.29, 1.82) is 0 Å². The summed E-state index contributed by atoms with van der Waals surface area (Å²) < 4.78 is 151. The average molecular weight is 1670 g/mol. The van der Waals surface area contributed by atoms with Crippen LogP contribution in [0.3, 0.4) is 0 Å². The van der Waals surface area contributed by atoms with Crippen LogP contribution in [0.5, 0.6) is 0 Å². The molecule has 0 saturated heterocycles. The smallest absolute Gasteiger partial charge is 0.412 e. The minimum Gasteiger partial charge on any atom is -0.412 e. The van der Waals surface area contributed by atoms with Gasteiger partial charge in [-0.05, 0) is 186 Å². The Morgan fingerprint density at radius 2 is 0.260 bits per heavy atom. The van der Waals surface area contributed by atoms with Gasteiger partial charge in [-0.25, -0.2) is 112 Å². The summed E-state index contributed by atoms with van der Waals surface area (Å²) in [5.74, 6) is 0. The monoisotopic (exact) mass is 1660 g/mol. The third kappa shape index (κ3) is 45.5. The molecule has 104 heavy (non-hydrogen) atoms. The van der Waals surface area contributed by atoms with Crippen molar-refractivity contribution in [2.45, 2.75) is 254 Å². The van der Waals surface area contributed by atoms with Gasteiger partial charge in [0.25, 0.3) is 0 Å². The Kier molecular flexibility index (Phi) is 48.9. The molecule has 8 aliphatic rings. The molecule has 0 spiro atoms. The maximum absolute atomic E-state index is 8.49. The van der Waals surface area contributed by atoms with Crippen LogP contribution in [-0.2, 0) is 34.1 Å². The van der Waals surface area contributed by atoms with Crippen LogP contribution in [0.2, 0.25) is 0 Å². The molecule has 56 heteroatoms. The van der Waals surface area contributed by atoms with E-state index in [1.54, 1.807) is 50.6 Å². The number of tetrazole rings is 8. The molecule has 8 aliphatic carbocycles. The third-order valence-electron chi connectivity index (χ3n) is 16.5. The molecule has 8 aromatic heterocycles. The average Bonchev–Trinajstić information content (AvgIpc) is 1.88. The first kappa shape index (κ1) is 96.0. The van der Waals surface area contributed by atoms with Crippen LogP contribution in [-0.4, -0.2) is 173 Å². The van der Waals surface area contributed by atoms with E-state index in [4.69, 9.17) is 74.5 Å². The van der Waals surface area contributed by atoms with E-state index < -0.39 is 41.0 Å².